The standard InChI is InChI=1S/C12H13NO/c1-8-3-4-10(7-9(8)2)12(14)13-11-5-6-11/h2-4,7,11H,5-6H2,1H3,(H,13,14). The highest BCUT2D eigenvalue weighted by Crippen LogP contribution is 2.19. The van der Waals surface area contributed by atoms with Crippen molar-refractivity contribution in [2.24, 2.45) is 0 Å². The normalized spacial score (nSPS) is 15.3. The predicted octanol–water partition coefficient (Wildman–Crippen LogP) is 1.95. The maximum atomic E-state index is 11.6. The van der Waals surface area contributed by atoms with E-state index in [1.54, 1.807) is 6.07 Å². The Hall–Kier alpha value is -1.31. The fraction of sp³-hybridized carbons (Fsp3) is 0.333. The molecule has 0 aliphatic heterocycles. The third-order valence-electron chi connectivity index (χ3n) is 2.45. The minimum absolute atomic E-state index is 0.0146. The molecule has 0 bridgehead atoms. The third kappa shape index (κ3) is 1.95. The monoisotopic (exact) mass is 187 g/mol. The van der Waals surface area contributed by atoms with Crippen LogP contribution in [0.1, 0.15) is 34.3 Å². The van der Waals surface area contributed by atoms with Gasteiger partial charge in [-0.1, -0.05) is 6.07 Å². The molecule has 1 N–H and O–H groups in total. The number of hydrogen-bond donors (Lipinski definition) is 1. The molecule has 14 heavy (non-hydrogen) atoms. The molecule has 2 heteroatoms. The van der Waals surface area contributed by atoms with Crippen LogP contribution in [0.3, 0.4) is 0 Å². The summed E-state index contributed by atoms with van der Waals surface area (Å²) in [6.07, 6.45) is 2.21. The molecule has 1 fully saturated rings. The molecule has 0 atom stereocenters. The average molecular weight is 187 g/mol. The number of amides is 1. The molecule has 1 saturated carbocycles. The minimum atomic E-state index is -0.0146. The van der Waals surface area contributed by atoms with Gasteiger partial charge in [-0.15, -0.1) is 0 Å². The van der Waals surface area contributed by atoms with Crippen molar-refractivity contribution in [2.45, 2.75) is 25.8 Å². The summed E-state index contributed by atoms with van der Waals surface area (Å²) in [6.45, 7) is 7.65. The zero-order valence-electron chi connectivity index (χ0n) is 8.21. The number of rotatable bonds is 2. The molecule has 0 aromatic heterocycles. The van der Waals surface area contributed by atoms with Crippen molar-refractivity contribution >= 4 is 5.91 Å². The zero-order chi connectivity index (χ0) is 10.1. The molecular weight excluding hydrogens is 174 g/mol. The van der Waals surface area contributed by atoms with Gasteiger partial charge in [-0.25, -0.2) is 0 Å². The lowest BCUT2D eigenvalue weighted by Gasteiger charge is -2.05. The van der Waals surface area contributed by atoms with Crippen molar-refractivity contribution in [3.63, 3.8) is 0 Å². The van der Waals surface area contributed by atoms with E-state index < -0.39 is 0 Å². The lowest BCUT2D eigenvalue weighted by molar-refractivity contribution is 0.0951. The average Bonchev–Trinajstić information content (AvgIpc) is 2.93. The van der Waals surface area contributed by atoms with E-state index in [0.29, 0.717) is 17.2 Å². The van der Waals surface area contributed by atoms with Crippen LogP contribution < -0.4 is 5.32 Å². The Morgan fingerprint density at radius 1 is 1.50 bits per heavy atom. The van der Waals surface area contributed by atoms with Crippen molar-refractivity contribution < 1.29 is 4.79 Å². The van der Waals surface area contributed by atoms with Gasteiger partial charge in [-0.2, -0.15) is 0 Å². The first kappa shape index (κ1) is 9.25. The van der Waals surface area contributed by atoms with Crippen LogP contribution in [0.25, 0.3) is 0 Å². The van der Waals surface area contributed by atoms with Crippen molar-refractivity contribution in [3.05, 3.63) is 41.8 Å². The first-order valence-electron chi connectivity index (χ1n) is 4.84. The van der Waals surface area contributed by atoms with Gasteiger partial charge in [0, 0.05) is 11.6 Å². The molecule has 72 valence electrons. The minimum Gasteiger partial charge on any atom is -0.349 e. The van der Waals surface area contributed by atoms with Gasteiger partial charge in [-0.3, -0.25) is 4.79 Å². The summed E-state index contributed by atoms with van der Waals surface area (Å²) < 4.78 is 0. The fourth-order valence-corrected chi connectivity index (χ4v) is 1.28. The van der Waals surface area contributed by atoms with Gasteiger partial charge in [0.05, 0.1) is 0 Å². The summed E-state index contributed by atoms with van der Waals surface area (Å²) >= 11 is 0. The Morgan fingerprint density at radius 2 is 2.21 bits per heavy atom. The number of nitrogens with one attached hydrogen (secondary N) is 1. The number of hydrogen-bond acceptors (Lipinski definition) is 1. The lowest BCUT2D eigenvalue weighted by atomic mass is 10.1. The maximum Gasteiger partial charge on any atom is 0.251 e. The third-order valence-corrected chi connectivity index (χ3v) is 2.45. The van der Waals surface area contributed by atoms with Gasteiger partial charge in [0.15, 0.2) is 0 Å². The molecule has 1 aliphatic rings. The van der Waals surface area contributed by atoms with E-state index in [1.807, 2.05) is 19.1 Å². The predicted molar refractivity (Wildman–Crippen MR) is 55.1 cm³/mol. The highest BCUT2D eigenvalue weighted by atomic mass is 16.1. The van der Waals surface area contributed by atoms with E-state index in [2.05, 4.69) is 5.32 Å². The van der Waals surface area contributed by atoms with E-state index in [9.17, 15) is 4.79 Å². The molecule has 1 aromatic carbocycles. The van der Waals surface area contributed by atoms with Gasteiger partial charge in [0.25, 0.3) is 5.91 Å². The van der Waals surface area contributed by atoms with Gasteiger partial charge < -0.3 is 5.32 Å². The summed E-state index contributed by atoms with van der Waals surface area (Å²) in [5.74, 6) is -0.0146. The molecule has 1 aliphatic carbocycles. The summed E-state index contributed by atoms with van der Waals surface area (Å²) in [6, 6.07) is 5.80. The summed E-state index contributed by atoms with van der Waals surface area (Å²) in [4.78, 5) is 11.6. The highest BCUT2D eigenvalue weighted by molar-refractivity contribution is 5.94. The zero-order valence-corrected chi connectivity index (χ0v) is 8.21. The van der Waals surface area contributed by atoms with Crippen molar-refractivity contribution in [2.75, 3.05) is 0 Å². The number of carbonyl (C=O) groups is 1. The van der Waals surface area contributed by atoms with E-state index in [1.165, 1.54) is 0 Å². The van der Waals surface area contributed by atoms with Gasteiger partial charge in [0.2, 0.25) is 0 Å². The van der Waals surface area contributed by atoms with Crippen molar-refractivity contribution in [3.8, 4) is 0 Å². The summed E-state index contributed by atoms with van der Waals surface area (Å²) in [5.41, 5.74) is 2.33. The second-order valence-electron chi connectivity index (χ2n) is 3.82. The van der Waals surface area contributed by atoms with E-state index in [4.69, 9.17) is 6.92 Å². The Bertz CT molecular complexity index is 367. The van der Waals surface area contributed by atoms with Crippen LogP contribution in [0, 0.1) is 13.8 Å². The van der Waals surface area contributed by atoms with Gasteiger partial charge in [0.1, 0.15) is 0 Å². The molecule has 0 unspecified atom stereocenters. The maximum absolute atomic E-state index is 11.6. The Morgan fingerprint density at radius 3 is 2.79 bits per heavy atom. The highest BCUT2D eigenvalue weighted by Gasteiger charge is 2.23. The quantitative estimate of drug-likeness (QED) is 0.753. The van der Waals surface area contributed by atoms with Crippen LogP contribution in [0.5, 0.6) is 0 Å². The van der Waals surface area contributed by atoms with Gasteiger partial charge in [-0.05, 0) is 49.9 Å². The van der Waals surface area contributed by atoms with Crippen LogP contribution in [0.15, 0.2) is 18.2 Å². The lowest BCUT2D eigenvalue weighted by Crippen LogP contribution is -2.25. The summed E-state index contributed by atoms with van der Waals surface area (Å²) in [7, 11) is 0. The topological polar surface area (TPSA) is 29.1 Å². The molecule has 0 spiro atoms. The van der Waals surface area contributed by atoms with Crippen LogP contribution >= 0.6 is 0 Å². The number of aryl methyl sites for hydroxylation is 1. The fourth-order valence-electron chi connectivity index (χ4n) is 1.28. The SMILES string of the molecule is [CH]c1cc(C(=O)NC2CC2)ccc1C. The van der Waals surface area contributed by atoms with E-state index in [0.717, 1.165) is 18.4 Å². The number of carbonyl (C=O) groups excluding carboxylic acids is 1. The van der Waals surface area contributed by atoms with Crippen LogP contribution in [0.2, 0.25) is 0 Å². The first-order valence-corrected chi connectivity index (χ1v) is 4.84. The number of benzene rings is 1. The molecule has 2 rings (SSSR count). The molecule has 0 saturated heterocycles. The van der Waals surface area contributed by atoms with Gasteiger partial charge >= 0.3 is 0 Å². The van der Waals surface area contributed by atoms with Crippen molar-refractivity contribution in [1.29, 1.82) is 0 Å². The van der Waals surface area contributed by atoms with Crippen LogP contribution in [-0.2, 0) is 0 Å². The van der Waals surface area contributed by atoms with E-state index >= 15 is 0 Å². The second kappa shape index (κ2) is 3.45. The smallest absolute Gasteiger partial charge is 0.251 e. The van der Waals surface area contributed by atoms with Crippen LogP contribution in [-0.4, -0.2) is 11.9 Å². The molecule has 2 radical (unpaired) electrons. The van der Waals surface area contributed by atoms with Crippen LogP contribution in [0.4, 0.5) is 0 Å². The molecule has 0 heterocycles. The van der Waals surface area contributed by atoms with E-state index in [-0.39, 0.29) is 5.91 Å². The molecule has 1 aromatic rings. The Labute approximate surface area is 84.3 Å². The molecule has 1 amide bonds. The molecular formula is C12H13NO. The summed E-state index contributed by atoms with van der Waals surface area (Å²) in [5, 5.41) is 2.92. The first-order chi connectivity index (χ1) is 6.66. The largest absolute Gasteiger partial charge is 0.349 e. The second-order valence-corrected chi connectivity index (χ2v) is 3.82. The molecule has 2 nitrogen and oxygen atoms in total. The Balaban J connectivity index is 2.14. The van der Waals surface area contributed by atoms with Crippen molar-refractivity contribution in [1.82, 2.24) is 5.32 Å². The Kier molecular flexibility index (Phi) is 2.28.